The van der Waals surface area contributed by atoms with E-state index in [1.165, 1.54) is 10.8 Å². The van der Waals surface area contributed by atoms with Crippen molar-refractivity contribution in [1.82, 2.24) is 4.73 Å². The zero-order valence-electron chi connectivity index (χ0n) is 9.04. The summed E-state index contributed by atoms with van der Waals surface area (Å²) in [7, 11) is 0. The van der Waals surface area contributed by atoms with Crippen LogP contribution >= 0.6 is 0 Å². The molecule has 3 heteroatoms. The fourth-order valence-electron chi connectivity index (χ4n) is 1.45. The summed E-state index contributed by atoms with van der Waals surface area (Å²) in [6.07, 6.45) is 1.46. The predicted octanol–water partition coefficient (Wildman–Crippen LogP) is 2.04. The van der Waals surface area contributed by atoms with Crippen molar-refractivity contribution in [2.75, 3.05) is 0 Å². The molecule has 1 atom stereocenters. The molecule has 0 saturated heterocycles. The summed E-state index contributed by atoms with van der Waals surface area (Å²) in [6, 6.07) is 14.7. The molecule has 0 amide bonds. The van der Waals surface area contributed by atoms with Gasteiger partial charge in [0.05, 0.1) is 0 Å². The lowest BCUT2D eigenvalue weighted by Crippen LogP contribution is -2.27. The number of nitrogens with zero attached hydrogens (tertiary/aromatic N) is 1. The maximum Gasteiger partial charge on any atom is 0.282 e. The molecule has 0 aliphatic heterocycles. The van der Waals surface area contributed by atoms with Crippen LogP contribution in [0.15, 0.2) is 59.5 Å². The van der Waals surface area contributed by atoms with Crippen molar-refractivity contribution in [2.24, 2.45) is 0 Å². The number of hydrogen-bond donors (Lipinski definition) is 0. The molecule has 0 saturated carbocycles. The molecule has 1 aromatic heterocycles. The molecule has 0 aliphatic rings. The first-order chi connectivity index (χ1) is 7.77. The van der Waals surface area contributed by atoms with E-state index in [4.69, 9.17) is 4.84 Å². The van der Waals surface area contributed by atoms with Crippen LogP contribution in [0.1, 0.15) is 18.6 Å². The van der Waals surface area contributed by atoms with Crippen LogP contribution in [0.4, 0.5) is 0 Å². The van der Waals surface area contributed by atoms with E-state index in [9.17, 15) is 4.79 Å². The second kappa shape index (κ2) is 4.66. The maximum atomic E-state index is 11.4. The highest BCUT2D eigenvalue weighted by atomic mass is 16.7. The second-order valence-electron chi connectivity index (χ2n) is 3.52. The van der Waals surface area contributed by atoms with Gasteiger partial charge in [0, 0.05) is 12.3 Å². The van der Waals surface area contributed by atoms with E-state index in [0.29, 0.717) is 0 Å². The minimum Gasteiger partial charge on any atom is -0.403 e. The number of hydrogen-bond acceptors (Lipinski definition) is 2. The van der Waals surface area contributed by atoms with Crippen molar-refractivity contribution >= 4 is 0 Å². The van der Waals surface area contributed by atoms with Gasteiger partial charge in [0.1, 0.15) is 6.10 Å². The van der Waals surface area contributed by atoms with E-state index in [1.54, 1.807) is 18.3 Å². The molecular formula is C13H13NO2. The topological polar surface area (TPSA) is 31.2 Å². The van der Waals surface area contributed by atoms with Crippen molar-refractivity contribution in [2.45, 2.75) is 13.0 Å². The van der Waals surface area contributed by atoms with Gasteiger partial charge >= 0.3 is 0 Å². The summed E-state index contributed by atoms with van der Waals surface area (Å²) >= 11 is 0. The molecule has 0 radical (unpaired) electrons. The van der Waals surface area contributed by atoms with Crippen molar-refractivity contribution in [3.63, 3.8) is 0 Å². The summed E-state index contributed by atoms with van der Waals surface area (Å²) < 4.78 is 1.25. The lowest BCUT2D eigenvalue weighted by Gasteiger charge is -2.15. The standard InChI is InChI=1S/C13H13NO2/c1-11(12-7-3-2-4-8-12)16-14-10-6-5-9-13(14)15/h2-11H,1H3/t11-/m0/s1. The molecule has 0 fully saturated rings. The van der Waals surface area contributed by atoms with Gasteiger partial charge in [0.25, 0.3) is 5.56 Å². The van der Waals surface area contributed by atoms with Crippen molar-refractivity contribution in [3.8, 4) is 0 Å². The quantitative estimate of drug-likeness (QED) is 0.784. The van der Waals surface area contributed by atoms with E-state index in [0.717, 1.165) is 5.56 Å². The smallest absolute Gasteiger partial charge is 0.282 e. The highest BCUT2D eigenvalue weighted by molar-refractivity contribution is 5.16. The Morgan fingerprint density at radius 3 is 2.44 bits per heavy atom. The minimum atomic E-state index is -0.162. The first-order valence-corrected chi connectivity index (χ1v) is 5.17. The zero-order valence-corrected chi connectivity index (χ0v) is 9.04. The number of aromatic nitrogens is 1. The number of pyridine rings is 1. The van der Waals surface area contributed by atoms with Crippen LogP contribution < -0.4 is 10.4 Å². The molecule has 0 aliphatic carbocycles. The normalized spacial score (nSPS) is 12.1. The van der Waals surface area contributed by atoms with Crippen LogP contribution in [-0.4, -0.2) is 4.73 Å². The van der Waals surface area contributed by atoms with Gasteiger partial charge in [0.2, 0.25) is 0 Å². The first-order valence-electron chi connectivity index (χ1n) is 5.17. The Morgan fingerprint density at radius 2 is 1.75 bits per heavy atom. The predicted molar refractivity (Wildman–Crippen MR) is 62.1 cm³/mol. The minimum absolute atomic E-state index is 0.152. The Morgan fingerprint density at radius 1 is 1.06 bits per heavy atom. The molecule has 1 heterocycles. The number of rotatable bonds is 3. The van der Waals surface area contributed by atoms with E-state index in [-0.39, 0.29) is 11.7 Å². The van der Waals surface area contributed by atoms with Gasteiger partial charge in [-0.05, 0) is 18.6 Å². The third-order valence-corrected chi connectivity index (χ3v) is 2.33. The fraction of sp³-hybridized carbons (Fsp3) is 0.154. The van der Waals surface area contributed by atoms with E-state index in [2.05, 4.69) is 0 Å². The van der Waals surface area contributed by atoms with E-state index in [1.807, 2.05) is 37.3 Å². The monoisotopic (exact) mass is 215 g/mol. The molecule has 82 valence electrons. The molecule has 3 nitrogen and oxygen atoms in total. The molecule has 16 heavy (non-hydrogen) atoms. The van der Waals surface area contributed by atoms with Gasteiger partial charge in [-0.1, -0.05) is 36.4 Å². The van der Waals surface area contributed by atoms with Gasteiger partial charge < -0.3 is 4.84 Å². The first kappa shape index (κ1) is 10.5. The van der Waals surface area contributed by atoms with Crippen LogP contribution in [0.25, 0.3) is 0 Å². The van der Waals surface area contributed by atoms with Gasteiger partial charge in [-0.15, -0.1) is 0 Å². The van der Waals surface area contributed by atoms with Crippen LogP contribution in [0.2, 0.25) is 0 Å². The number of benzene rings is 1. The van der Waals surface area contributed by atoms with Crippen molar-refractivity contribution < 1.29 is 4.84 Å². The maximum absolute atomic E-state index is 11.4. The van der Waals surface area contributed by atoms with Crippen LogP contribution in [-0.2, 0) is 0 Å². The molecule has 1 aromatic carbocycles. The Labute approximate surface area is 93.9 Å². The second-order valence-corrected chi connectivity index (χ2v) is 3.52. The highest BCUT2D eigenvalue weighted by Gasteiger charge is 2.06. The van der Waals surface area contributed by atoms with Crippen LogP contribution in [0, 0.1) is 0 Å². The van der Waals surface area contributed by atoms with E-state index < -0.39 is 0 Å². The fourth-order valence-corrected chi connectivity index (χ4v) is 1.45. The average molecular weight is 215 g/mol. The Bertz CT molecular complexity index is 505. The van der Waals surface area contributed by atoms with Gasteiger partial charge in [-0.25, -0.2) is 0 Å². The Balaban J connectivity index is 2.17. The summed E-state index contributed by atoms with van der Waals surface area (Å²) in [6.45, 7) is 1.91. The summed E-state index contributed by atoms with van der Waals surface area (Å²) in [5.41, 5.74) is 0.878. The zero-order chi connectivity index (χ0) is 11.4. The molecule has 0 spiro atoms. The largest absolute Gasteiger partial charge is 0.403 e. The third kappa shape index (κ3) is 2.31. The van der Waals surface area contributed by atoms with Crippen molar-refractivity contribution in [3.05, 3.63) is 70.6 Å². The molecule has 0 bridgehead atoms. The average Bonchev–Trinajstić information content (AvgIpc) is 2.33. The lowest BCUT2D eigenvalue weighted by molar-refractivity contribution is 0.0408. The van der Waals surface area contributed by atoms with Crippen LogP contribution in [0.5, 0.6) is 0 Å². The summed E-state index contributed by atoms with van der Waals surface area (Å²) in [5, 5.41) is 0. The molecular weight excluding hydrogens is 202 g/mol. The van der Waals surface area contributed by atoms with Crippen LogP contribution in [0.3, 0.4) is 0 Å². The molecule has 2 aromatic rings. The SMILES string of the molecule is C[C@H](On1ccccc1=O)c1ccccc1. The van der Waals surface area contributed by atoms with Gasteiger partial charge in [-0.3, -0.25) is 4.79 Å². The summed E-state index contributed by atoms with van der Waals surface area (Å²) in [4.78, 5) is 17.0. The van der Waals surface area contributed by atoms with Gasteiger partial charge in [0.15, 0.2) is 0 Å². The lowest BCUT2D eigenvalue weighted by atomic mass is 10.1. The Hall–Kier alpha value is -2.03. The molecule has 2 rings (SSSR count). The van der Waals surface area contributed by atoms with Gasteiger partial charge in [-0.2, -0.15) is 4.73 Å². The highest BCUT2D eigenvalue weighted by Crippen LogP contribution is 2.12. The third-order valence-electron chi connectivity index (χ3n) is 2.33. The molecule has 0 N–H and O–H groups in total. The molecule has 0 unspecified atom stereocenters. The Kier molecular flexibility index (Phi) is 3.05. The van der Waals surface area contributed by atoms with E-state index >= 15 is 0 Å². The summed E-state index contributed by atoms with van der Waals surface area (Å²) in [5.74, 6) is 0. The van der Waals surface area contributed by atoms with Crippen molar-refractivity contribution in [1.29, 1.82) is 0 Å².